The summed E-state index contributed by atoms with van der Waals surface area (Å²) in [6.45, 7) is 5.43. The lowest BCUT2D eigenvalue weighted by Crippen LogP contribution is -2.56. The average Bonchev–Trinajstić information content (AvgIpc) is 2.45. The van der Waals surface area contributed by atoms with Crippen molar-refractivity contribution >= 4 is 6.09 Å². The van der Waals surface area contributed by atoms with Gasteiger partial charge in [-0.25, -0.2) is 4.79 Å². The van der Waals surface area contributed by atoms with Crippen LogP contribution in [-0.4, -0.2) is 33.8 Å². The van der Waals surface area contributed by atoms with Gasteiger partial charge >= 0.3 is 12.3 Å². The molecule has 1 aromatic rings. The second kappa shape index (κ2) is 5.95. The molecule has 2 atom stereocenters. The van der Waals surface area contributed by atoms with Gasteiger partial charge in [-0.15, -0.1) is 0 Å². The summed E-state index contributed by atoms with van der Waals surface area (Å²) >= 11 is 0. The van der Waals surface area contributed by atoms with Gasteiger partial charge in [0.25, 0.3) is 0 Å². The molecule has 0 radical (unpaired) electrons. The van der Waals surface area contributed by atoms with Crippen molar-refractivity contribution in [3.05, 3.63) is 35.4 Å². The Hall–Kier alpha value is -1.76. The topological polar surface area (TPSA) is 60.8 Å². The number of aliphatic hydroxyl groups is 1. The average molecular weight is 345 g/mol. The van der Waals surface area contributed by atoms with Crippen molar-refractivity contribution in [3.63, 3.8) is 0 Å². The molecule has 1 aliphatic rings. The highest BCUT2D eigenvalue weighted by molar-refractivity contribution is 5.66. The van der Waals surface area contributed by atoms with Crippen LogP contribution in [0.3, 0.4) is 0 Å². The van der Waals surface area contributed by atoms with Crippen molar-refractivity contribution in [3.8, 4) is 0 Å². The van der Waals surface area contributed by atoms with Crippen molar-refractivity contribution < 1.29 is 28.2 Å². The molecule has 0 bridgehead atoms. The lowest BCUT2D eigenvalue weighted by Gasteiger charge is -2.48. The number of rotatable bonds is 1. The van der Waals surface area contributed by atoms with Crippen molar-refractivity contribution in [2.45, 2.75) is 51.4 Å². The van der Waals surface area contributed by atoms with Gasteiger partial charge in [-0.05, 0) is 23.5 Å². The normalized spacial score (nSPS) is 25.6. The van der Waals surface area contributed by atoms with Gasteiger partial charge in [0.15, 0.2) is 0 Å². The van der Waals surface area contributed by atoms with Gasteiger partial charge in [0.2, 0.25) is 0 Å². The van der Waals surface area contributed by atoms with Crippen LogP contribution in [0.4, 0.5) is 18.0 Å². The summed E-state index contributed by atoms with van der Waals surface area (Å²) in [5.74, 6) is 0. The van der Waals surface area contributed by atoms with Gasteiger partial charge in [-0.3, -0.25) is 0 Å². The summed E-state index contributed by atoms with van der Waals surface area (Å²) < 4.78 is 39.9. The third-order valence-electron chi connectivity index (χ3n) is 4.65. The molecule has 7 heteroatoms. The van der Waals surface area contributed by atoms with Crippen LogP contribution < -0.4 is 0 Å². The molecule has 1 heterocycles. The first-order valence-electron chi connectivity index (χ1n) is 7.75. The molecule has 0 saturated carbocycles. The number of halogens is 3. The SMILES string of the molecule is CC(C)(C)C1CC(O)(c2ccccc2C(F)(F)F)CCN1C(=O)O. The van der Waals surface area contributed by atoms with Gasteiger partial charge in [0.05, 0.1) is 11.2 Å². The van der Waals surface area contributed by atoms with E-state index in [-0.39, 0.29) is 24.9 Å². The minimum Gasteiger partial charge on any atom is -0.465 e. The van der Waals surface area contributed by atoms with Gasteiger partial charge in [-0.2, -0.15) is 13.2 Å². The zero-order valence-corrected chi connectivity index (χ0v) is 13.9. The van der Waals surface area contributed by atoms with Crippen LogP contribution in [0.25, 0.3) is 0 Å². The van der Waals surface area contributed by atoms with E-state index in [9.17, 15) is 28.2 Å². The van der Waals surface area contributed by atoms with Crippen LogP contribution in [0.1, 0.15) is 44.7 Å². The Morgan fingerprint density at radius 1 is 1.25 bits per heavy atom. The first kappa shape index (κ1) is 18.6. The fourth-order valence-corrected chi connectivity index (χ4v) is 3.38. The first-order chi connectivity index (χ1) is 10.9. The maximum Gasteiger partial charge on any atom is 0.416 e. The first-order valence-corrected chi connectivity index (χ1v) is 7.75. The smallest absolute Gasteiger partial charge is 0.416 e. The molecule has 2 rings (SSSR count). The van der Waals surface area contributed by atoms with Gasteiger partial charge in [-0.1, -0.05) is 39.0 Å². The number of amides is 1. The van der Waals surface area contributed by atoms with E-state index in [0.29, 0.717) is 0 Å². The Kier molecular flexibility index (Phi) is 4.61. The number of alkyl halides is 3. The Bertz CT molecular complexity index is 624. The van der Waals surface area contributed by atoms with E-state index in [1.807, 2.05) is 20.8 Å². The minimum absolute atomic E-state index is 0.0139. The molecule has 1 fully saturated rings. The zero-order chi connectivity index (χ0) is 18.3. The monoisotopic (exact) mass is 345 g/mol. The molecule has 1 aromatic carbocycles. The van der Waals surface area contributed by atoms with E-state index in [4.69, 9.17) is 0 Å². The van der Waals surface area contributed by atoms with E-state index in [0.717, 1.165) is 6.07 Å². The summed E-state index contributed by atoms with van der Waals surface area (Å²) in [5, 5.41) is 20.4. The fraction of sp³-hybridized carbons (Fsp3) is 0.588. The molecule has 0 aromatic heterocycles. The Balaban J connectivity index is 2.47. The summed E-state index contributed by atoms with van der Waals surface area (Å²) in [5.41, 5.74) is -3.28. The molecule has 1 amide bonds. The van der Waals surface area contributed by atoms with E-state index in [1.54, 1.807) is 0 Å². The van der Waals surface area contributed by atoms with E-state index in [1.165, 1.54) is 23.1 Å². The third kappa shape index (κ3) is 3.50. The number of piperidine rings is 1. The molecule has 1 aliphatic heterocycles. The van der Waals surface area contributed by atoms with Gasteiger partial charge < -0.3 is 15.1 Å². The summed E-state index contributed by atoms with van der Waals surface area (Å²) in [6.07, 6.45) is -5.84. The number of nitrogens with zero attached hydrogens (tertiary/aromatic N) is 1. The molecule has 1 saturated heterocycles. The maximum absolute atomic E-state index is 13.3. The predicted octanol–water partition coefficient (Wildman–Crippen LogP) is 4.08. The minimum atomic E-state index is -4.58. The maximum atomic E-state index is 13.3. The van der Waals surface area contributed by atoms with Crippen LogP contribution in [0.5, 0.6) is 0 Å². The van der Waals surface area contributed by atoms with Gasteiger partial charge in [0, 0.05) is 19.0 Å². The van der Waals surface area contributed by atoms with E-state index in [2.05, 4.69) is 0 Å². The van der Waals surface area contributed by atoms with E-state index >= 15 is 0 Å². The standard InChI is InChI=1S/C17H22F3NO3/c1-15(2,3)13-10-16(24,8-9-21(13)14(22)23)11-6-4-5-7-12(11)17(18,19)20/h4-7,13,24H,8-10H2,1-3H3,(H,22,23). The molecular formula is C17H22F3NO3. The highest BCUT2D eigenvalue weighted by Gasteiger charge is 2.48. The largest absolute Gasteiger partial charge is 0.465 e. The number of hydrogen-bond donors (Lipinski definition) is 2. The second-order valence-corrected chi connectivity index (χ2v) is 7.39. The molecule has 0 aliphatic carbocycles. The van der Waals surface area contributed by atoms with Crippen LogP contribution in [0.15, 0.2) is 24.3 Å². The lowest BCUT2D eigenvalue weighted by atomic mass is 9.72. The molecule has 24 heavy (non-hydrogen) atoms. The molecule has 134 valence electrons. The Labute approximate surface area is 138 Å². The molecule has 2 unspecified atom stereocenters. The van der Waals surface area contributed by atoms with Crippen molar-refractivity contribution in [2.24, 2.45) is 5.41 Å². The highest BCUT2D eigenvalue weighted by Crippen LogP contribution is 2.45. The third-order valence-corrected chi connectivity index (χ3v) is 4.65. The number of carbonyl (C=O) groups is 1. The molecule has 0 spiro atoms. The van der Waals surface area contributed by atoms with Crippen LogP contribution in [0.2, 0.25) is 0 Å². The predicted molar refractivity (Wildman–Crippen MR) is 82.5 cm³/mol. The van der Waals surface area contributed by atoms with E-state index < -0.39 is 34.9 Å². The lowest BCUT2D eigenvalue weighted by molar-refractivity contribution is -0.143. The number of benzene rings is 1. The molecular weight excluding hydrogens is 323 g/mol. The molecule has 4 nitrogen and oxygen atoms in total. The molecule has 2 N–H and O–H groups in total. The summed E-state index contributed by atoms with van der Waals surface area (Å²) in [4.78, 5) is 12.7. The number of carboxylic acid groups (broad SMARTS) is 1. The van der Waals surface area contributed by atoms with Crippen molar-refractivity contribution in [1.82, 2.24) is 4.90 Å². The van der Waals surface area contributed by atoms with Crippen LogP contribution >= 0.6 is 0 Å². The Morgan fingerprint density at radius 2 is 1.83 bits per heavy atom. The fourth-order valence-electron chi connectivity index (χ4n) is 3.38. The quantitative estimate of drug-likeness (QED) is 0.806. The summed E-state index contributed by atoms with van der Waals surface area (Å²) in [6, 6.07) is 4.37. The van der Waals surface area contributed by atoms with Crippen LogP contribution in [-0.2, 0) is 11.8 Å². The summed E-state index contributed by atoms with van der Waals surface area (Å²) in [7, 11) is 0. The van der Waals surface area contributed by atoms with Gasteiger partial charge in [0.1, 0.15) is 0 Å². The van der Waals surface area contributed by atoms with Crippen molar-refractivity contribution in [1.29, 1.82) is 0 Å². The number of likely N-dealkylation sites (tertiary alicyclic amines) is 1. The zero-order valence-electron chi connectivity index (χ0n) is 13.9. The number of hydrogen-bond acceptors (Lipinski definition) is 2. The van der Waals surface area contributed by atoms with Crippen LogP contribution in [0, 0.1) is 5.41 Å². The van der Waals surface area contributed by atoms with Crippen molar-refractivity contribution in [2.75, 3.05) is 6.54 Å². The Morgan fingerprint density at radius 3 is 2.33 bits per heavy atom. The highest BCUT2D eigenvalue weighted by atomic mass is 19.4. The second-order valence-electron chi connectivity index (χ2n) is 7.39.